The molecule has 0 fully saturated rings. The summed E-state index contributed by atoms with van der Waals surface area (Å²) in [5.41, 5.74) is -0.537. The largest absolute Gasteiger partial charge is 0.427 e. The zero-order valence-corrected chi connectivity index (χ0v) is 8.57. The van der Waals surface area contributed by atoms with Crippen molar-refractivity contribution >= 4 is 10.8 Å². The van der Waals surface area contributed by atoms with Crippen molar-refractivity contribution in [1.29, 1.82) is 0 Å². The fourth-order valence-corrected chi connectivity index (χ4v) is 1.58. The zero-order valence-electron chi connectivity index (χ0n) is 8.57. The van der Waals surface area contributed by atoms with E-state index in [4.69, 9.17) is 9.52 Å². The Morgan fingerprint density at radius 3 is 2.88 bits per heavy atom. The highest BCUT2D eigenvalue weighted by Crippen LogP contribution is 2.14. The molecule has 3 nitrogen and oxygen atoms in total. The van der Waals surface area contributed by atoms with Crippen molar-refractivity contribution in [3.63, 3.8) is 0 Å². The molecule has 0 atom stereocenters. The summed E-state index contributed by atoms with van der Waals surface area (Å²) in [5, 5.41) is 9.58. The second kappa shape index (κ2) is 4.45. The maximum atomic E-state index is 12.9. The Bertz CT molecular complexity index is 560. The monoisotopic (exact) mass is 222 g/mol. The van der Waals surface area contributed by atoms with Gasteiger partial charge in [-0.15, -0.1) is 0 Å². The number of aryl methyl sites for hydroxylation is 1. The van der Waals surface area contributed by atoms with Gasteiger partial charge < -0.3 is 9.52 Å². The topological polar surface area (TPSA) is 50.4 Å². The number of halogens is 1. The zero-order chi connectivity index (χ0) is 11.5. The van der Waals surface area contributed by atoms with Crippen LogP contribution in [0.15, 0.2) is 33.5 Å². The molecule has 1 aromatic carbocycles. The number of aliphatic hydroxyl groups excluding tert-OH is 1. The van der Waals surface area contributed by atoms with Crippen molar-refractivity contribution in [2.24, 2.45) is 0 Å². The van der Waals surface area contributed by atoms with E-state index in [1.807, 2.05) is 0 Å². The van der Waals surface area contributed by atoms with Crippen LogP contribution in [-0.2, 0) is 6.42 Å². The molecular formula is C12H11FO3. The Balaban J connectivity index is 2.51. The standard InChI is InChI=1S/C12H11FO3/c13-9-4-3-8-6-10(2-1-5-14)16-12(15)11(8)7-9/h3-4,6-7,14H,1-2,5H2. The van der Waals surface area contributed by atoms with E-state index in [1.165, 1.54) is 6.07 Å². The van der Waals surface area contributed by atoms with Crippen LogP contribution in [0.3, 0.4) is 0 Å². The van der Waals surface area contributed by atoms with Crippen molar-refractivity contribution in [2.45, 2.75) is 12.8 Å². The Morgan fingerprint density at radius 2 is 2.12 bits per heavy atom. The molecule has 0 saturated carbocycles. The second-order valence-electron chi connectivity index (χ2n) is 3.56. The lowest BCUT2D eigenvalue weighted by Crippen LogP contribution is -2.03. The minimum absolute atomic E-state index is 0.0468. The first kappa shape index (κ1) is 10.8. The van der Waals surface area contributed by atoms with E-state index < -0.39 is 11.4 Å². The molecule has 0 aliphatic carbocycles. The van der Waals surface area contributed by atoms with Crippen LogP contribution in [0.2, 0.25) is 0 Å². The highest BCUT2D eigenvalue weighted by atomic mass is 19.1. The first-order chi connectivity index (χ1) is 7.70. The van der Waals surface area contributed by atoms with Crippen LogP contribution < -0.4 is 5.63 Å². The first-order valence-corrected chi connectivity index (χ1v) is 5.04. The number of aliphatic hydroxyl groups is 1. The van der Waals surface area contributed by atoms with Gasteiger partial charge in [0.05, 0.1) is 5.39 Å². The molecule has 4 heteroatoms. The van der Waals surface area contributed by atoms with Gasteiger partial charge in [0.25, 0.3) is 0 Å². The molecule has 0 aliphatic rings. The summed E-state index contributed by atoms with van der Waals surface area (Å²) in [6.45, 7) is 0.0468. The molecule has 1 heterocycles. The molecule has 0 radical (unpaired) electrons. The van der Waals surface area contributed by atoms with Gasteiger partial charge in [0.2, 0.25) is 0 Å². The van der Waals surface area contributed by atoms with Crippen molar-refractivity contribution < 1.29 is 13.9 Å². The third kappa shape index (κ3) is 2.12. The first-order valence-electron chi connectivity index (χ1n) is 5.04. The Labute approximate surface area is 91.1 Å². The number of benzene rings is 1. The molecule has 16 heavy (non-hydrogen) atoms. The van der Waals surface area contributed by atoms with Gasteiger partial charge in [-0.1, -0.05) is 6.07 Å². The Hall–Kier alpha value is -1.68. The van der Waals surface area contributed by atoms with E-state index in [9.17, 15) is 9.18 Å². The summed E-state index contributed by atoms with van der Waals surface area (Å²) in [6, 6.07) is 5.71. The average molecular weight is 222 g/mol. The SMILES string of the molecule is O=c1oc(CCCO)cc2ccc(F)cc12. The summed E-state index contributed by atoms with van der Waals surface area (Å²) in [7, 11) is 0. The molecule has 2 rings (SSSR count). The molecule has 84 valence electrons. The van der Waals surface area contributed by atoms with Gasteiger partial charge in [0, 0.05) is 13.0 Å². The minimum atomic E-state index is -0.537. The fraction of sp³-hybridized carbons (Fsp3) is 0.250. The van der Waals surface area contributed by atoms with Gasteiger partial charge in [-0.2, -0.15) is 0 Å². The number of hydrogen-bond donors (Lipinski definition) is 1. The smallest absolute Gasteiger partial charge is 0.343 e. The lowest BCUT2D eigenvalue weighted by Gasteiger charge is -2.01. The van der Waals surface area contributed by atoms with Gasteiger partial charge in [-0.05, 0) is 30.0 Å². The number of fused-ring (bicyclic) bond motifs is 1. The molecule has 0 unspecified atom stereocenters. The molecule has 1 aromatic heterocycles. The lowest BCUT2D eigenvalue weighted by molar-refractivity contribution is 0.283. The fourth-order valence-electron chi connectivity index (χ4n) is 1.58. The van der Waals surface area contributed by atoms with Crippen LogP contribution in [0.5, 0.6) is 0 Å². The van der Waals surface area contributed by atoms with Crippen LogP contribution in [-0.4, -0.2) is 11.7 Å². The summed E-state index contributed by atoms with van der Waals surface area (Å²) < 4.78 is 17.9. The van der Waals surface area contributed by atoms with Crippen LogP contribution in [0, 0.1) is 5.82 Å². The van der Waals surface area contributed by atoms with E-state index in [0.29, 0.717) is 24.0 Å². The number of rotatable bonds is 3. The molecular weight excluding hydrogens is 211 g/mol. The molecule has 0 aliphatic heterocycles. The quantitative estimate of drug-likeness (QED) is 0.862. The van der Waals surface area contributed by atoms with E-state index in [2.05, 4.69) is 0 Å². The van der Waals surface area contributed by atoms with E-state index >= 15 is 0 Å². The van der Waals surface area contributed by atoms with Crippen LogP contribution in [0.4, 0.5) is 4.39 Å². The van der Waals surface area contributed by atoms with Crippen molar-refractivity contribution in [2.75, 3.05) is 6.61 Å². The predicted molar refractivity (Wildman–Crippen MR) is 57.8 cm³/mol. The third-order valence-electron chi connectivity index (χ3n) is 2.36. The normalized spacial score (nSPS) is 10.9. The van der Waals surface area contributed by atoms with E-state index in [-0.39, 0.29) is 12.0 Å². The second-order valence-corrected chi connectivity index (χ2v) is 3.56. The van der Waals surface area contributed by atoms with Crippen LogP contribution in [0.25, 0.3) is 10.8 Å². The highest BCUT2D eigenvalue weighted by Gasteiger charge is 2.05. The van der Waals surface area contributed by atoms with Gasteiger partial charge in [0.1, 0.15) is 11.6 Å². The highest BCUT2D eigenvalue weighted by molar-refractivity contribution is 5.81. The third-order valence-corrected chi connectivity index (χ3v) is 2.36. The van der Waals surface area contributed by atoms with Gasteiger partial charge in [-0.3, -0.25) is 0 Å². The average Bonchev–Trinajstić information content (AvgIpc) is 2.27. The van der Waals surface area contributed by atoms with E-state index in [1.54, 1.807) is 12.1 Å². The van der Waals surface area contributed by atoms with Crippen LogP contribution >= 0.6 is 0 Å². The summed E-state index contributed by atoms with van der Waals surface area (Å²) in [4.78, 5) is 11.5. The summed E-state index contributed by atoms with van der Waals surface area (Å²) in [6.07, 6.45) is 1.04. The summed E-state index contributed by atoms with van der Waals surface area (Å²) in [5.74, 6) is 0.0565. The predicted octanol–water partition coefficient (Wildman–Crippen LogP) is 1.86. The Morgan fingerprint density at radius 1 is 1.31 bits per heavy atom. The van der Waals surface area contributed by atoms with Crippen LogP contribution in [0.1, 0.15) is 12.2 Å². The molecule has 1 N–H and O–H groups in total. The maximum Gasteiger partial charge on any atom is 0.343 e. The van der Waals surface area contributed by atoms with Crippen molar-refractivity contribution in [3.8, 4) is 0 Å². The van der Waals surface area contributed by atoms with Gasteiger partial charge in [0.15, 0.2) is 0 Å². The minimum Gasteiger partial charge on any atom is -0.427 e. The van der Waals surface area contributed by atoms with Gasteiger partial charge >= 0.3 is 5.63 Å². The summed E-state index contributed by atoms with van der Waals surface area (Å²) >= 11 is 0. The number of hydrogen-bond acceptors (Lipinski definition) is 3. The van der Waals surface area contributed by atoms with Gasteiger partial charge in [-0.25, -0.2) is 9.18 Å². The van der Waals surface area contributed by atoms with Crippen molar-refractivity contribution in [1.82, 2.24) is 0 Å². The molecule has 0 amide bonds. The maximum absolute atomic E-state index is 12.9. The van der Waals surface area contributed by atoms with E-state index in [0.717, 1.165) is 6.07 Å². The molecule has 0 spiro atoms. The molecule has 2 aromatic rings. The van der Waals surface area contributed by atoms with Crippen molar-refractivity contribution in [3.05, 3.63) is 46.3 Å². The molecule has 0 saturated heterocycles. The lowest BCUT2D eigenvalue weighted by atomic mass is 10.1. The molecule has 0 bridgehead atoms. The Kier molecular flexibility index (Phi) is 3.01.